The number of carbonyl (C=O) groups is 1. The number of fused-ring (bicyclic) bond motifs is 1. The molecule has 3 heterocycles. The highest BCUT2D eigenvalue weighted by molar-refractivity contribution is 7.99. The summed E-state index contributed by atoms with van der Waals surface area (Å²) in [7, 11) is 0. The van der Waals surface area contributed by atoms with Crippen LogP contribution in [0.2, 0.25) is 0 Å². The molecule has 1 amide bonds. The zero-order valence-electron chi connectivity index (χ0n) is 11.3. The van der Waals surface area contributed by atoms with Gasteiger partial charge in [-0.3, -0.25) is 9.48 Å². The number of nitrogens with zero attached hydrogens (tertiary/aromatic N) is 4. The van der Waals surface area contributed by atoms with Crippen LogP contribution in [0.15, 0.2) is 29.8 Å². The van der Waals surface area contributed by atoms with Gasteiger partial charge in [0.2, 0.25) is 5.91 Å². The van der Waals surface area contributed by atoms with E-state index in [1.807, 2.05) is 25.4 Å². The number of carbonyl (C=O) groups excluding carboxylic acids is 1. The van der Waals surface area contributed by atoms with Crippen molar-refractivity contribution in [3.05, 3.63) is 30.4 Å². The van der Waals surface area contributed by atoms with Crippen LogP contribution in [0.1, 0.15) is 25.1 Å². The van der Waals surface area contributed by atoms with Gasteiger partial charge < -0.3 is 9.88 Å². The Balaban J connectivity index is 1.60. The van der Waals surface area contributed by atoms with Gasteiger partial charge in [0.15, 0.2) is 5.16 Å². The Labute approximate surface area is 121 Å². The fourth-order valence-electron chi connectivity index (χ4n) is 2.30. The number of aryl methyl sites for hydroxylation is 1. The summed E-state index contributed by atoms with van der Waals surface area (Å²) < 4.78 is 3.83. The van der Waals surface area contributed by atoms with E-state index in [1.54, 1.807) is 22.6 Å². The van der Waals surface area contributed by atoms with E-state index in [0.717, 1.165) is 23.1 Å². The molecule has 7 heteroatoms. The molecule has 6 nitrogen and oxygen atoms in total. The number of hydrogen-bond acceptors (Lipinski definition) is 4. The second kappa shape index (κ2) is 5.70. The Morgan fingerprint density at radius 1 is 1.60 bits per heavy atom. The van der Waals surface area contributed by atoms with E-state index in [1.165, 1.54) is 0 Å². The number of rotatable bonds is 5. The summed E-state index contributed by atoms with van der Waals surface area (Å²) in [5.74, 6) is 1.07. The summed E-state index contributed by atoms with van der Waals surface area (Å²) in [4.78, 5) is 16.7. The zero-order chi connectivity index (χ0) is 13.9. The zero-order valence-corrected chi connectivity index (χ0v) is 12.1. The van der Waals surface area contributed by atoms with Crippen molar-refractivity contribution in [3.8, 4) is 0 Å². The molecule has 0 unspecified atom stereocenters. The Morgan fingerprint density at radius 2 is 2.50 bits per heavy atom. The maximum Gasteiger partial charge on any atom is 0.245 e. The van der Waals surface area contributed by atoms with Crippen LogP contribution in [0.5, 0.6) is 0 Å². The van der Waals surface area contributed by atoms with Gasteiger partial charge in [0, 0.05) is 30.9 Å². The van der Waals surface area contributed by atoms with Gasteiger partial charge in [0.05, 0.1) is 12.2 Å². The number of imidazole rings is 1. The second-order valence-corrected chi connectivity index (χ2v) is 5.75. The molecule has 0 saturated carbocycles. The topological polar surface area (TPSA) is 64.7 Å². The van der Waals surface area contributed by atoms with Gasteiger partial charge in [0.25, 0.3) is 0 Å². The van der Waals surface area contributed by atoms with Crippen LogP contribution in [-0.2, 0) is 17.9 Å². The molecule has 0 radical (unpaired) electrons. The Kier molecular flexibility index (Phi) is 3.77. The molecule has 0 saturated heterocycles. The fourth-order valence-corrected chi connectivity index (χ4v) is 3.26. The van der Waals surface area contributed by atoms with Gasteiger partial charge in [-0.05, 0) is 12.5 Å². The monoisotopic (exact) mass is 291 g/mol. The van der Waals surface area contributed by atoms with Gasteiger partial charge >= 0.3 is 0 Å². The Hall–Kier alpha value is -1.76. The van der Waals surface area contributed by atoms with Crippen LogP contribution in [-0.4, -0.2) is 31.0 Å². The van der Waals surface area contributed by atoms with Crippen molar-refractivity contribution in [2.75, 3.05) is 5.75 Å². The molecule has 3 rings (SSSR count). The van der Waals surface area contributed by atoms with E-state index in [4.69, 9.17) is 0 Å². The number of thioether (sulfide) groups is 1. The number of amides is 1. The van der Waals surface area contributed by atoms with Crippen molar-refractivity contribution in [1.29, 1.82) is 0 Å². The molecule has 0 aliphatic carbocycles. The third kappa shape index (κ3) is 2.58. The molecule has 1 N–H and O–H groups in total. The summed E-state index contributed by atoms with van der Waals surface area (Å²) in [6, 6.07) is 1.57. The lowest BCUT2D eigenvalue weighted by atomic mass is 10.2. The van der Waals surface area contributed by atoms with Gasteiger partial charge in [-0.1, -0.05) is 18.7 Å². The highest BCUT2D eigenvalue weighted by Gasteiger charge is 2.19. The van der Waals surface area contributed by atoms with Crippen molar-refractivity contribution in [2.45, 2.75) is 37.6 Å². The molecular weight excluding hydrogens is 274 g/mol. The van der Waals surface area contributed by atoms with E-state index in [0.29, 0.717) is 13.0 Å². The summed E-state index contributed by atoms with van der Waals surface area (Å²) >= 11 is 1.76. The molecule has 1 aliphatic rings. The third-order valence-electron chi connectivity index (χ3n) is 3.33. The van der Waals surface area contributed by atoms with E-state index < -0.39 is 0 Å². The van der Waals surface area contributed by atoms with Crippen LogP contribution < -0.4 is 5.32 Å². The first kappa shape index (κ1) is 13.2. The summed E-state index contributed by atoms with van der Waals surface area (Å²) in [6.45, 7) is 3.46. The Morgan fingerprint density at radius 3 is 3.20 bits per heavy atom. The highest BCUT2D eigenvalue weighted by Crippen LogP contribution is 2.24. The van der Waals surface area contributed by atoms with Crippen molar-refractivity contribution >= 4 is 17.7 Å². The smallest absolute Gasteiger partial charge is 0.245 e. The normalized spacial score (nSPS) is 15.1. The standard InChI is InChI=1S/C13H17N5OS/c1-2-11(18-5-3-4-15-18)12(19)14-8-10-9-17-6-7-20-13(17)16-10/h3-5,9,11H,2,6-8H2,1H3,(H,14,19)/t11-/m0/s1. The first-order valence-electron chi connectivity index (χ1n) is 6.73. The minimum Gasteiger partial charge on any atom is -0.349 e. The fraction of sp³-hybridized carbons (Fsp3) is 0.462. The average Bonchev–Trinajstić information content (AvgIpc) is 3.13. The van der Waals surface area contributed by atoms with Crippen molar-refractivity contribution in [1.82, 2.24) is 24.6 Å². The lowest BCUT2D eigenvalue weighted by molar-refractivity contribution is -0.124. The van der Waals surface area contributed by atoms with Gasteiger partial charge in [-0.2, -0.15) is 5.10 Å². The highest BCUT2D eigenvalue weighted by atomic mass is 32.2. The summed E-state index contributed by atoms with van der Waals surface area (Å²) in [5, 5.41) is 8.13. The quantitative estimate of drug-likeness (QED) is 0.905. The number of nitrogens with one attached hydrogen (secondary N) is 1. The predicted octanol–water partition coefficient (Wildman–Crippen LogP) is 1.45. The molecule has 2 aromatic rings. The maximum absolute atomic E-state index is 12.2. The van der Waals surface area contributed by atoms with Crippen LogP contribution in [0, 0.1) is 0 Å². The molecule has 0 spiro atoms. The first-order chi connectivity index (χ1) is 9.78. The number of hydrogen-bond donors (Lipinski definition) is 1. The maximum atomic E-state index is 12.2. The van der Waals surface area contributed by atoms with Crippen LogP contribution in [0.25, 0.3) is 0 Å². The summed E-state index contributed by atoms with van der Waals surface area (Å²) in [5.41, 5.74) is 0.913. The minimum atomic E-state index is -0.256. The lowest BCUT2D eigenvalue weighted by Gasteiger charge is -2.14. The molecule has 0 fully saturated rings. The molecule has 20 heavy (non-hydrogen) atoms. The molecular formula is C13H17N5OS. The van der Waals surface area contributed by atoms with E-state index in [2.05, 4.69) is 20.0 Å². The van der Waals surface area contributed by atoms with Gasteiger partial charge in [-0.15, -0.1) is 0 Å². The summed E-state index contributed by atoms with van der Waals surface area (Å²) in [6.07, 6.45) is 6.23. The minimum absolute atomic E-state index is 0.0167. The SMILES string of the molecule is CC[C@@H](C(=O)NCc1cn2c(n1)SCC2)n1cccn1. The first-order valence-corrected chi connectivity index (χ1v) is 7.72. The largest absolute Gasteiger partial charge is 0.349 e. The van der Waals surface area contributed by atoms with E-state index >= 15 is 0 Å². The molecule has 106 valence electrons. The third-order valence-corrected chi connectivity index (χ3v) is 4.30. The van der Waals surface area contributed by atoms with Crippen LogP contribution in [0.3, 0.4) is 0 Å². The van der Waals surface area contributed by atoms with E-state index in [-0.39, 0.29) is 11.9 Å². The van der Waals surface area contributed by atoms with Crippen molar-refractivity contribution < 1.29 is 4.79 Å². The molecule has 2 aromatic heterocycles. The predicted molar refractivity (Wildman–Crippen MR) is 76.4 cm³/mol. The second-order valence-electron chi connectivity index (χ2n) is 4.68. The molecule has 1 aliphatic heterocycles. The Bertz CT molecular complexity index is 570. The van der Waals surface area contributed by atoms with E-state index in [9.17, 15) is 4.79 Å². The van der Waals surface area contributed by atoms with Crippen molar-refractivity contribution in [2.24, 2.45) is 0 Å². The van der Waals surface area contributed by atoms with Crippen LogP contribution >= 0.6 is 11.8 Å². The lowest BCUT2D eigenvalue weighted by Crippen LogP contribution is -2.32. The van der Waals surface area contributed by atoms with Gasteiger partial charge in [-0.25, -0.2) is 4.98 Å². The van der Waals surface area contributed by atoms with Crippen LogP contribution in [0.4, 0.5) is 0 Å². The molecule has 0 bridgehead atoms. The number of aromatic nitrogens is 4. The average molecular weight is 291 g/mol. The molecule has 1 atom stereocenters. The molecule has 0 aromatic carbocycles. The van der Waals surface area contributed by atoms with Gasteiger partial charge in [0.1, 0.15) is 6.04 Å². The van der Waals surface area contributed by atoms with Crippen molar-refractivity contribution in [3.63, 3.8) is 0 Å².